The lowest BCUT2D eigenvalue weighted by Crippen LogP contribution is -2.40. The van der Waals surface area contributed by atoms with E-state index in [9.17, 15) is 23.5 Å². The molecule has 32 heavy (non-hydrogen) atoms. The Morgan fingerprint density at radius 3 is 2.78 bits per heavy atom. The van der Waals surface area contributed by atoms with E-state index in [1.165, 1.54) is 28.0 Å². The van der Waals surface area contributed by atoms with E-state index in [1.807, 2.05) is 19.9 Å². The van der Waals surface area contributed by atoms with Gasteiger partial charge in [0.05, 0.1) is 37.1 Å². The maximum Gasteiger partial charge on any atom is 0.414 e. The van der Waals surface area contributed by atoms with Crippen LogP contribution in [0.1, 0.15) is 20.3 Å². The van der Waals surface area contributed by atoms with Crippen molar-refractivity contribution in [3.8, 4) is 6.07 Å². The molecule has 0 bridgehead atoms. The molecular formula is C22H26F2N4O4. The second-order valence-electron chi connectivity index (χ2n) is 8.35. The Morgan fingerprint density at radius 2 is 2.19 bits per heavy atom. The van der Waals surface area contributed by atoms with Gasteiger partial charge in [-0.3, -0.25) is 4.90 Å². The fourth-order valence-electron chi connectivity index (χ4n) is 3.95. The van der Waals surface area contributed by atoms with Gasteiger partial charge in [0.25, 0.3) is 0 Å². The molecule has 2 saturated heterocycles. The molecule has 1 N–H and O–H groups in total. The van der Waals surface area contributed by atoms with Crippen molar-refractivity contribution in [3.63, 3.8) is 0 Å². The number of allylic oxidation sites excluding steroid dienone is 1. The molecule has 0 radical (unpaired) electrons. The minimum absolute atomic E-state index is 0.0283. The van der Waals surface area contributed by atoms with Crippen molar-refractivity contribution < 1.29 is 28.2 Å². The van der Waals surface area contributed by atoms with Gasteiger partial charge < -0.3 is 19.6 Å². The number of cyclic esters (lactones) is 1. The molecule has 2 atom stereocenters. The summed E-state index contributed by atoms with van der Waals surface area (Å²) in [4.78, 5) is 27.8. The number of benzene rings is 1. The van der Waals surface area contributed by atoms with Crippen LogP contribution in [0.4, 0.5) is 29.7 Å². The van der Waals surface area contributed by atoms with Crippen molar-refractivity contribution >= 4 is 23.6 Å². The first-order valence-corrected chi connectivity index (χ1v) is 10.4. The number of nitrogens with zero attached hydrogens (tertiary/aromatic N) is 4. The number of alkyl halides is 1. The topological polar surface area (TPSA) is 97.1 Å². The second-order valence-corrected chi connectivity index (χ2v) is 8.35. The highest BCUT2D eigenvalue weighted by Gasteiger charge is 2.35. The van der Waals surface area contributed by atoms with E-state index < -0.39 is 30.3 Å². The smallest absolute Gasteiger partial charge is 0.414 e. The predicted octanol–water partition coefficient (Wildman–Crippen LogP) is 3.79. The number of ether oxygens (including phenoxy) is 1. The Kier molecular flexibility index (Phi) is 7.18. The summed E-state index contributed by atoms with van der Waals surface area (Å²) in [7, 11) is 0. The number of carbonyl (C=O) groups is 2. The normalized spacial score (nSPS) is 22.2. The van der Waals surface area contributed by atoms with E-state index in [1.54, 1.807) is 11.0 Å². The monoisotopic (exact) mass is 448 g/mol. The van der Waals surface area contributed by atoms with E-state index >= 15 is 0 Å². The molecule has 2 aliphatic heterocycles. The SMILES string of the molecule is CC(C)CN(C[C@H]1CN(c2ccc(N3CCC(=CC#N)C(F)C3)c(F)c2)C(=O)O1)C(=O)O. The molecule has 0 aromatic heterocycles. The molecule has 8 nitrogen and oxygen atoms in total. The van der Waals surface area contributed by atoms with E-state index in [-0.39, 0.29) is 36.9 Å². The number of carbonyl (C=O) groups excluding carboxylic acids is 1. The third-order valence-electron chi connectivity index (χ3n) is 5.44. The van der Waals surface area contributed by atoms with Gasteiger partial charge in [-0.15, -0.1) is 0 Å². The Hall–Kier alpha value is -3.35. The van der Waals surface area contributed by atoms with Crippen LogP contribution >= 0.6 is 0 Å². The van der Waals surface area contributed by atoms with Gasteiger partial charge in [-0.25, -0.2) is 18.4 Å². The summed E-state index contributed by atoms with van der Waals surface area (Å²) in [5, 5.41) is 18.1. The van der Waals surface area contributed by atoms with E-state index in [0.29, 0.717) is 25.1 Å². The summed E-state index contributed by atoms with van der Waals surface area (Å²) >= 11 is 0. The van der Waals surface area contributed by atoms with Gasteiger partial charge in [-0.2, -0.15) is 5.26 Å². The summed E-state index contributed by atoms with van der Waals surface area (Å²) in [6.07, 6.45) is -2.26. The molecule has 0 spiro atoms. The standard InChI is InChI=1S/C22H26F2N4O4/c1-14(2)10-27(21(29)30)11-17-12-28(22(31)32-17)16-3-4-20(18(23)9-16)26-8-6-15(5-7-25)19(24)13-26/h3-5,9,14,17,19H,6,8,10-13H2,1-2H3,(H,29,30)/t17-,19?/m0/s1. The minimum Gasteiger partial charge on any atom is -0.465 e. The van der Waals surface area contributed by atoms with Gasteiger partial charge in [-0.1, -0.05) is 13.8 Å². The van der Waals surface area contributed by atoms with Gasteiger partial charge in [0, 0.05) is 19.2 Å². The van der Waals surface area contributed by atoms with Crippen molar-refractivity contribution in [2.75, 3.05) is 42.5 Å². The molecule has 1 aromatic rings. The maximum atomic E-state index is 14.8. The van der Waals surface area contributed by atoms with Crippen LogP contribution in [0.3, 0.4) is 0 Å². The molecule has 1 unspecified atom stereocenters. The van der Waals surface area contributed by atoms with Gasteiger partial charge in [-0.05, 0) is 36.1 Å². The molecule has 172 valence electrons. The highest BCUT2D eigenvalue weighted by atomic mass is 19.1. The molecular weight excluding hydrogens is 422 g/mol. The lowest BCUT2D eigenvalue weighted by molar-refractivity contribution is 0.0924. The molecule has 2 amide bonds. The molecule has 2 aliphatic rings. The number of carboxylic acid groups (broad SMARTS) is 1. The first-order chi connectivity index (χ1) is 15.2. The first-order valence-electron chi connectivity index (χ1n) is 10.4. The summed E-state index contributed by atoms with van der Waals surface area (Å²) in [5.74, 6) is -0.489. The molecule has 1 aromatic carbocycles. The van der Waals surface area contributed by atoms with Crippen LogP contribution in [0.15, 0.2) is 29.8 Å². The molecule has 0 saturated carbocycles. The van der Waals surface area contributed by atoms with Gasteiger partial charge in [0.2, 0.25) is 0 Å². The van der Waals surface area contributed by atoms with Crippen molar-refractivity contribution in [2.45, 2.75) is 32.5 Å². The Balaban J connectivity index is 1.68. The number of hydrogen-bond donors (Lipinski definition) is 1. The van der Waals surface area contributed by atoms with Crippen LogP contribution in [0.25, 0.3) is 0 Å². The number of anilines is 2. The third-order valence-corrected chi connectivity index (χ3v) is 5.44. The third kappa shape index (κ3) is 5.28. The average molecular weight is 448 g/mol. The van der Waals surface area contributed by atoms with Crippen LogP contribution in [-0.2, 0) is 4.74 Å². The van der Waals surface area contributed by atoms with E-state index in [4.69, 9.17) is 10.00 Å². The predicted molar refractivity (Wildman–Crippen MR) is 114 cm³/mol. The number of amides is 2. The van der Waals surface area contributed by atoms with E-state index in [2.05, 4.69) is 0 Å². The van der Waals surface area contributed by atoms with E-state index in [0.717, 1.165) is 0 Å². The molecule has 3 rings (SSSR count). The summed E-state index contributed by atoms with van der Waals surface area (Å²) < 4.78 is 34.4. The maximum absolute atomic E-state index is 14.8. The zero-order valence-electron chi connectivity index (χ0n) is 18.0. The number of halogens is 2. The minimum atomic E-state index is -1.35. The number of rotatable bonds is 6. The van der Waals surface area contributed by atoms with Crippen molar-refractivity contribution in [2.24, 2.45) is 5.92 Å². The molecule has 10 heteroatoms. The Bertz CT molecular complexity index is 946. The van der Waals surface area contributed by atoms with Crippen LogP contribution in [0, 0.1) is 23.1 Å². The Morgan fingerprint density at radius 1 is 1.44 bits per heavy atom. The van der Waals surface area contributed by atoms with Crippen LogP contribution < -0.4 is 9.80 Å². The molecule has 2 heterocycles. The number of hydrogen-bond acceptors (Lipinski definition) is 5. The largest absolute Gasteiger partial charge is 0.465 e. The Labute approximate surface area is 185 Å². The van der Waals surface area contributed by atoms with Crippen molar-refractivity contribution in [3.05, 3.63) is 35.7 Å². The number of nitriles is 1. The second kappa shape index (κ2) is 9.85. The first kappa shape index (κ1) is 23.3. The van der Waals surface area contributed by atoms with Gasteiger partial charge >= 0.3 is 12.2 Å². The zero-order valence-corrected chi connectivity index (χ0v) is 18.0. The van der Waals surface area contributed by atoms with Crippen LogP contribution in [-0.4, -0.2) is 67.2 Å². The molecule has 0 aliphatic carbocycles. The lowest BCUT2D eigenvalue weighted by atomic mass is 10.0. The molecule has 2 fully saturated rings. The van der Waals surface area contributed by atoms with Gasteiger partial charge in [0.15, 0.2) is 0 Å². The van der Waals surface area contributed by atoms with Crippen molar-refractivity contribution in [1.82, 2.24) is 4.90 Å². The lowest BCUT2D eigenvalue weighted by Gasteiger charge is -2.32. The van der Waals surface area contributed by atoms with Crippen molar-refractivity contribution in [1.29, 1.82) is 5.26 Å². The fraction of sp³-hybridized carbons (Fsp3) is 0.500. The van der Waals surface area contributed by atoms with Gasteiger partial charge in [0.1, 0.15) is 18.1 Å². The summed E-state index contributed by atoms with van der Waals surface area (Å²) in [6, 6.07) is 6.06. The van der Waals surface area contributed by atoms with Crippen LogP contribution in [0.2, 0.25) is 0 Å². The highest BCUT2D eigenvalue weighted by Crippen LogP contribution is 2.31. The quantitative estimate of drug-likeness (QED) is 0.665. The summed E-state index contributed by atoms with van der Waals surface area (Å²) in [6.45, 7) is 4.53. The average Bonchev–Trinajstić information content (AvgIpc) is 3.09. The fourth-order valence-corrected chi connectivity index (χ4v) is 3.95. The number of piperidine rings is 1. The highest BCUT2D eigenvalue weighted by molar-refractivity contribution is 5.90. The van der Waals surface area contributed by atoms with Crippen LogP contribution in [0.5, 0.6) is 0 Å². The zero-order chi connectivity index (χ0) is 23.4. The summed E-state index contributed by atoms with van der Waals surface area (Å²) in [5.41, 5.74) is 0.897.